The Bertz CT molecular complexity index is 3180. The zero-order valence-electron chi connectivity index (χ0n) is 32.6. The number of hydrogen-bond acceptors (Lipinski definition) is 1. The first-order valence-corrected chi connectivity index (χ1v) is 20.6. The van der Waals surface area contributed by atoms with E-state index >= 15 is 0 Å². The Morgan fingerprint density at radius 1 is 0.596 bits per heavy atom. The van der Waals surface area contributed by atoms with Crippen LogP contribution in [-0.2, 0) is 0 Å². The van der Waals surface area contributed by atoms with E-state index in [9.17, 15) is 0 Å². The highest BCUT2D eigenvalue weighted by Crippen LogP contribution is 2.48. The fraction of sp³-hybridized carbons (Fsp3) is 0.0741. The third-order valence-electron chi connectivity index (χ3n) is 10.9. The van der Waals surface area contributed by atoms with Crippen LogP contribution in [-0.4, -0.2) is 9.13 Å². The Morgan fingerprint density at radius 2 is 1.25 bits per heavy atom. The monoisotopic (exact) mass is 752 g/mol. The summed E-state index contributed by atoms with van der Waals surface area (Å²) in [5, 5.41) is 7.59. The smallest absolute Gasteiger partial charge is 0.0726 e. The molecule has 0 fully saturated rings. The summed E-state index contributed by atoms with van der Waals surface area (Å²) < 4.78 is 7.46. The lowest BCUT2D eigenvalue weighted by Crippen LogP contribution is -1.95. The molecule has 0 unspecified atom stereocenters. The molecule has 2 nitrogen and oxygen atoms in total. The Hall–Kier alpha value is -6.68. The van der Waals surface area contributed by atoms with Crippen LogP contribution in [0.5, 0.6) is 0 Å². The SMILES string of the molecule is C/C=C\CC.C=C/C=C(\C=C/C)n1c2ccccc2c2cc(-c3cc4c5ccccc5sc4c4c3c3ccccc3n4-c3ccc(-c4ccccc4)cc3)ccc21. The summed E-state index contributed by atoms with van der Waals surface area (Å²) >= 11 is 1.89. The van der Waals surface area contributed by atoms with E-state index in [1.54, 1.807) is 0 Å². The Labute approximate surface area is 338 Å². The van der Waals surface area contributed by atoms with E-state index in [0.29, 0.717) is 0 Å². The number of thiophene rings is 1. The summed E-state index contributed by atoms with van der Waals surface area (Å²) in [4.78, 5) is 0. The van der Waals surface area contributed by atoms with Crippen molar-refractivity contribution in [2.45, 2.75) is 27.2 Å². The molecule has 276 valence electrons. The summed E-state index contributed by atoms with van der Waals surface area (Å²) in [6, 6.07) is 55.6. The van der Waals surface area contributed by atoms with Gasteiger partial charge in [-0.25, -0.2) is 0 Å². The highest BCUT2D eigenvalue weighted by Gasteiger charge is 2.23. The molecule has 3 heteroatoms. The third-order valence-corrected chi connectivity index (χ3v) is 12.0. The fourth-order valence-corrected chi connectivity index (χ4v) is 9.63. The zero-order chi connectivity index (χ0) is 38.9. The second kappa shape index (κ2) is 15.5. The van der Waals surface area contributed by atoms with Crippen molar-refractivity contribution in [1.82, 2.24) is 9.13 Å². The lowest BCUT2D eigenvalue weighted by atomic mass is 9.95. The van der Waals surface area contributed by atoms with Crippen LogP contribution in [0.2, 0.25) is 0 Å². The van der Waals surface area contributed by atoms with Crippen molar-refractivity contribution in [3.05, 3.63) is 195 Å². The van der Waals surface area contributed by atoms with Gasteiger partial charge in [-0.1, -0.05) is 141 Å². The summed E-state index contributed by atoms with van der Waals surface area (Å²) in [7, 11) is 0. The van der Waals surface area contributed by atoms with Crippen molar-refractivity contribution < 1.29 is 0 Å². The number of nitrogens with zero attached hydrogens (tertiary/aromatic N) is 2. The molecule has 10 rings (SSSR count). The molecular formula is C54H44N2S. The van der Waals surface area contributed by atoms with Crippen LogP contribution >= 0.6 is 11.3 Å². The minimum Gasteiger partial charge on any atom is -0.309 e. The fourth-order valence-electron chi connectivity index (χ4n) is 8.41. The van der Waals surface area contributed by atoms with Gasteiger partial charge in [-0.3, -0.25) is 0 Å². The predicted molar refractivity (Wildman–Crippen MR) is 252 cm³/mol. The molecular weight excluding hydrogens is 709 g/mol. The second-order valence-corrected chi connectivity index (χ2v) is 15.3. The van der Waals surface area contributed by atoms with Gasteiger partial charge in [0, 0.05) is 48.4 Å². The molecule has 0 amide bonds. The molecule has 0 saturated heterocycles. The number of allylic oxidation sites excluding steroid dienone is 7. The minimum absolute atomic E-state index is 1.09. The predicted octanol–water partition coefficient (Wildman–Crippen LogP) is 16.2. The first kappa shape index (κ1) is 36.0. The molecule has 0 aliphatic carbocycles. The molecule has 3 aromatic heterocycles. The molecule has 0 aliphatic rings. The van der Waals surface area contributed by atoms with Crippen LogP contribution < -0.4 is 0 Å². The van der Waals surface area contributed by atoms with Crippen molar-refractivity contribution in [2.24, 2.45) is 0 Å². The van der Waals surface area contributed by atoms with Gasteiger partial charge in [0.1, 0.15) is 0 Å². The van der Waals surface area contributed by atoms with Gasteiger partial charge in [0.15, 0.2) is 0 Å². The van der Waals surface area contributed by atoms with Crippen molar-refractivity contribution in [2.75, 3.05) is 0 Å². The van der Waals surface area contributed by atoms with E-state index in [0.717, 1.165) is 17.8 Å². The molecule has 7 aromatic carbocycles. The van der Waals surface area contributed by atoms with Gasteiger partial charge < -0.3 is 9.13 Å². The largest absolute Gasteiger partial charge is 0.309 e. The maximum atomic E-state index is 4.02. The first-order chi connectivity index (χ1) is 28.1. The molecule has 10 aromatic rings. The van der Waals surface area contributed by atoms with Gasteiger partial charge in [0.05, 0.1) is 26.8 Å². The lowest BCUT2D eigenvalue weighted by molar-refractivity contribution is 1.19. The van der Waals surface area contributed by atoms with Crippen molar-refractivity contribution >= 4 is 80.8 Å². The van der Waals surface area contributed by atoms with E-state index in [2.05, 4.69) is 212 Å². The average Bonchev–Trinajstić information content (AvgIpc) is 3.92. The summed E-state index contributed by atoms with van der Waals surface area (Å²) in [6.45, 7) is 10.2. The van der Waals surface area contributed by atoms with Gasteiger partial charge in [-0.05, 0) is 103 Å². The van der Waals surface area contributed by atoms with E-state index in [1.165, 1.54) is 86.0 Å². The molecule has 0 radical (unpaired) electrons. The first-order valence-electron chi connectivity index (χ1n) is 19.8. The Morgan fingerprint density at radius 3 is 1.96 bits per heavy atom. The third kappa shape index (κ3) is 6.21. The molecule has 0 spiro atoms. The number of rotatable bonds is 7. The highest BCUT2D eigenvalue weighted by atomic mass is 32.1. The van der Waals surface area contributed by atoms with E-state index in [-0.39, 0.29) is 0 Å². The number of para-hydroxylation sites is 2. The van der Waals surface area contributed by atoms with Crippen LogP contribution in [0.4, 0.5) is 0 Å². The number of aromatic nitrogens is 2. The maximum absolute atomic E-state index is 4.02. The number of hydrogen-bond donors (Lipinski definition) is 0. The van der Waals surface area contributed by atoms with Gasteiger partial charge in [0.2, 0.25) is 0 Å². The topological polar surface area (TPSA) is 9.86 Å². The summed E-state index contributed by atoms with van der Waals surface area (Å²) in [5.41, 5.74) is 12.0. The van der Waals surface area contributed by atoms with Crippen LogP contribution in [0.25, 0.3) is 97.4 Å². The number of benzene rings is 7. The lowest BCUT2D eigenvalue weighted by Gasteiger charge is -2.12. The van der Waals surface area contributed by atoms with Crippen LogP contribution in [0.3, 0.4) is 0 Å². The van der Waals surface area contributed by atoms with Crippen molar-refractivity contribution in [1.29, 1.82) is 0 Å². The quantitative estimate of drug-likeness (QED) is 0.113. The van der Waals surface area contributed by atoms with E-state index in [1.807, 2.05) is 24.3 Å². The zero-order valence-corrected chi connectivity index (χ0v) is 33.4. The van der Waals surface area contributed by atoms with E-state index < -0.39 is 0 Å². The molecule has 0 N–H and O–H groups in total. The van der Waals surface area contributed by atoms with Gasteiger partial charge in [0.25, 0.3) is 0 Å². The average molecular weight is 753 g/mol. The second-order valence-electron chi connectivity index (χ2n) is 14.3. The van der Waals surface area contributed by atoms with E-state index in [4.69, 9.17) is 0 Å². The van der Waals surface area contributed by atoms with Crippen LogP contribution in [0.1, 0.15) is 27.2 Å². The van der Waals surface area contributed by atoms with Crippen LogP contribution in [0, 0.1) is 0 Å². The van der Waals surface area contributed by atoms with Crippen molar-refractivity contribution in [3.8, 4) is 27.9 Å². The molecule has 0 atom stereocenters. The van der Waals surface area contributed by atoms with Gasteiger partial charge in [-0.2, -0.15) is 0 Å². The standard InChI is InChI=1S/C49H34N2S.C5H10/c1-3-14-35(15-4-2)50-43-21-11-8-18-37(43)41-30-34(26-29-45(41)50)40-31-42-38-19-10-13-23-46(38)52-49(42)48-47(40)39-20-9-12-22-44(39)51(48)36-27-24-33(25-28-36)32-16-6-5-7-17-32;1-3-5-4-2/h3-31H,1H2,2H3;3,5H,4H2,1-2H3/b15-4-,35-14+;5-3-. The number of fused-ring (bicyclic) bond motifs is 10. The molecule has 0 saturated carbocycles. The normalized spacial score (nSPS) is 12.2. The maximum Gasteiger partial charge on any atom is 0.0726 e. The Balaban J connectivity index is 0.000000798. The molecule has 0 bridgehead atoms. The minimum atomic E-state index is 1.09. The van der Waals surface area contributed by atoms with Crippen LogP contribution in [0.15, 0.2) is 195 Å². The van der Waals surface area contributed by atoms with Gasteiger partial charge >= 0.3 is 0 Å². The molecule has 3 heterocycles. The molecule has 0 aliphatic heterocycles. The summed E-state index contributed by atoms with van der Waals surface area (Å²) in [5.74, 6) is 0. The van der Waals surface area contributed by atoms with Gasteiger partial charge in [-0.15, -0.1) is 11.3 Å². The molecule has 57 heavy (non-hydrogen) atoms. The Kier molecular flexibility index (Phi) is 9.76. The van der Waals surface area contributed by atoms with Crippen molar-refractivity contribution in [3.63, 3.8) is 0 Å². The highest BCUT2D eigenvalue weighted by molar-refractivity contribution is 7.26. The summed E-state index contributed by atoms with van der Waals surface area (Å²) in [6.07, 6.45) is 13.5.